The van der Waals surface area contributed by atoms with Crippen molar-refractivity contribution in [2.24, 2.45) is 5.92 Å². The van der Waals surface area contributed by atoms with Gasteiger partial charge in [0.05, 0.1) is 5.92 Å². The van der Waals surface area contributed by atoms with Gasteiger partial charge >= 0.3 is 0 Å². The molecule has 3 heterocycles. The van der Waals surface area contributed by atoms with Gasteiger partial charge in [-0.3, -0.25) is 9.69 Å². The van der Waals surface area contributed by atoms with Crippen LogP contribution in [0, 0.1) is 17.6 Å². The summed E-state index contributed by atoms with van der Waals surface area (Å²) >= 11 is 1.77. The molecule has 2 aliphatic heterocycles. The lowest BCUT2D eigenvalue weighted by Gasteiger charge is -2.29. The summed E-state index contributed by atoms with van der Waals surface area (Å²) in [6.07, 6.45) is 1.75. The highest BCUT2D eigenvalue weighted by atomic mass is 32.1. The number of carbonyl (C=O) groups excluding carboxylic acids is 1. The van der Waals surface area contributed by atoms with Crippen LogP contribution in [0.3, 0.4) is 0 Å². The fourth-order valence-corrected chi connectivity index (χ4v) is 4.72. The Labute approximate surface area is 149 Å². The molecule has 1 atom stereocenters. The second kappa shape index (κ2) is 6.84. The summed E-state index contributed by atoms with van der Waals surface area (Å²) in [5.74, 6) is -0.910. The molecule has 25 heavy (non-hydrogen) atoms. The Balaban J connectivity index is 1.36. The fraction of sp³-hybridized carbons (Fsp3) is 0.421. The minimum atomic E-state index is -0.554. The van der Waals surface area contributed by atoms with E-state index < -0.39 is 11.6 Å². The first kappa shape index (κ1) is 16.7. The molecule has 0 bridgehead atoms. The first-order valence-corrected chi connectivity index (χ1v) is 9.48. The number of halogens is 2. The first-order valence-electron chi connectivity index (χ1n) is 8.60. The largest absolute Gasteiger partial charge is 0.338 e. The van der Waals surface area contributed by atoms with Crippen molar-refractivity contribution >= 4 is 17.2 Å². The SMILES string of the molecule is O=C(C1CCN(Cc2cc(F)cc(F)c2)C1)N1CCc2sccc2C1. The van der Waals surface area contributed by atoms with Gasteiger partial charge in [0.15, 0.2) is 0 Å². The Morgan fingerprint density at radius 3 is 2.80 bits per heavy atom. The lowest BCUT2D eigenvalue weighted by molar-refractivity contribution is -0.136. The Hall–Kier alpha value is -1.79. The van der Waals surface area contributed by atoms with E-state index in [1.807, 2.05) is 4.90 Å². The highest BCUT2D eigenvalue weighted by Gasteiger charge is 2.33. The van der Waals surface area contributed by atoms with Crippen LogP contribution in [-0.4, -0.2) is 35.3 Å². The summed E-state index contributed by atoms with van der Waals surface area (Å²) in [4.78, 5) is 18.3. The second-order valence-corrected chi connectivity index (χ2v) is 7.88. The highest BCUT2D eigenvalue weighted by Crippen LogP contribution is 2.27. The van der Waals surface area contributed by atoms with Crippen LogP contribution in [0.25, 0.3) is 0 Å². The molecule has 6 heteroatoms. The van der Waals surface area contributed by atoms with Crippen molar-refractivity contribution in [1.29, 1.82) is 0 Å². The van der Waals surface area contributed by atoms with Crippen LogP contribution in [0.5, 0.6) is 0 Å². The molecule has 0 aliphatic carbocycles. The molecule has 0 radical (unpaired) electrons. The minimum Gasteiger partial charge on any atom is -0.338 e. The number of rotatable bonds is 3. The fourth-order valence-electron chi connectivity index (χ4n) is 3.83. The normalized spacial score (nSPS) is 20.7. The molecule has 1 aromatic heterocycles. The monoisotopic (exact) mass is 362 g/mol. The highest BCUT2D eigenvalue weighted by molar-refractivity contribution is 7.10. The number of hydrogen-bond acceptors (Lipinski definition) is 3. The number of amides is 1. The smallest absolute Gasteiger partial charge is 0.227 e. The molecule has 1 fully saturated rings. The van der Waals surface area contributed by atoms with E-state index in [0.717, 1.165) is 32.0 Å². The molecule has 0 saturated carbocycles. The van der Waals surface area contributed by atoms with Crippen LogP contribution in [0.4, 0.5) is 8.78 Å². The predicted octanol–water partition coefficient (Wildman–Crippen LogP) is 3.43. The average molecular weight is 362 g/mol. The molecule has 1 unspecified atom stereocenters. The van der Waals surface area contributed by atoms with Gasteiger partial charge in [0.1, 0.15) is 11.6 Å². The van der Waals surface area contributed by atoms with Gasteiger partial charge in [-0.1, -0.05) is 0 Å². The molecular weight excluding hydrogens is 342 g/mol. The standard InChI is InChI=1S/C19H20F2N2OS/c20-16-7-13(8-17(21)9-16)10-22-4-1-15(11-22)19(24)23-5-2-18-14(12-23)3-6-25-18/h3,6-9,15H,1-2,4-5,10-12H2. The third kappa shape index (κ3) is 3.60. The summed E-state index contributed by atoms with van der Waals surface area (Å²) in [5.41, 5.74) is 1.89. The molecule has 4 rings (SSSR count). The van der Waals surface area contributed by atoms with Gasteiger partial charge in [-0.2, -0.15) is 0 Å². The van der Waals surface area contributed by atoms with Crippen LogP contribution in [0.2, 0.25) is 0 Å². The zero-order valence-corrected chi connectivity index (χ0v) is 14.7. The van der Waals surface area contributed by atoms with Crippen LogP contribution in [0.1, 0.15) is 22.4 Å². The number of hydrogen-bond donors (Lipinski definition) is 0. The summed E-state index contributed by atoms with van der Waals surface area (Å²) in [5, 5.41) is 2.09. The van der Waals surface area contributed by atoms with Gasteiger partial charge < -0.3 is 4.90 Å². The molecule has 0 spiro atoms. The zero-order chi connectivity index (χ0) is 17.4. The Morgan fingerprint density at radius 1 is 1.20 bits per heavy atom. The lowest BCUT2D eigenvalue weighted by atomic mass is 10.0. The van der Waals surface area contributed by atoms with E-state index in [4.69, 9.17) is 0 Å². The van der Waals surface area contributed by atoms with Crippen LogP contribution in [-0.2, 0) is 24.3 Å². The van der Waals surface area contributed by atoms with Crippen molar-refractivity contribution in [3.05, 3.63) is 57.3 Å². The molecule has 1 amide bonds. The third-order valence-electron chi connectivity index (χ3n) is 5.07. The van der Waals surface area contributed by atoms with E-state index in [-0.39, 0.29) is 11.8 Å². The number of likely N-dealkylation sites (tertiary alicyclic amines) is 1. The predicted molar refractivity (Wildman–Crippen MR) is 93.2 cm³/mol. The van der Waals surface area contributed by atoms with Gasteiger partial charge in [-0.15, -0.1) is 11.3 Å². The summed E-state index contributed by atoms with van der Waals surface area (Å²) in [6.45, 7) is 3.42. The quantitative estimate of drug-likeness (QED) is 0.835. The van der Waals surface area contributed by atoms with Crippen molar-refractivity contribution in [3.8, 4) is 0 Å². The number of benzene rings is 1. The zero-order valence-electron chi connectivity index (χ0n) is 13.9. The Bertz CT molecular complexity index is 771. The average Bonchev–Trinajstić information content (AvgIpc) is 3.21. The molecule has 1 aromatic carbocycles. The van der Waals surface area contributed by atoms with E-state index >= 15 is 0 Å². The third-order valence-corrected chi connectivity index (χ3v) is 6.09. The number of thiophene rings is 1. The minimum absolute atomic E-state index is 0.0152. The maximum atomic E-state index is 13.3. The molecule has 3 nitrogen and oxygen atoms in total. The Kier molecular flexibility index (Phi) is 4.56. The Morgan fingerprint density at radius 2 is 2.00 bits per heavy atom. The van der Waals surface area contributed by atoms with Crippen LogP contribution < -0.4 is 0 Å². The van der Waals surface area contributed by atoms with Crippen molar-refractivity contribution in [3.63, 3.8) is 0 Å². The summed E-state index contributed by atoms with van der Waals surface area (Å²) < 4.78 is 26.7. The van der Waals surface area contributed by atoms with Crippen LogP contribution >= 0.6 is 11.3 Å². The summed E-state index contributed by atoms with van der Waals surface area (Å²) in [6, 6.07) is 5.72. The lowest BCUT2D eigenvalue weighted by Crippen LogP contribution is -2.40. The van der Waals surface area contributed by atoms with Crippen molar-refractivity contribution < 1.29 is 13.6 Å². The number of carbonyl (C=O) groups is 1. The van der Waals surface area contributed by atoms with Crippen molar-refractivity contribution in [2.45, 2.75) is 25.9 Å². The number of fused-ring (bicyclic) bond motifs is 1. The van der Waals surface area contributed by atoms with E-state index in [1.165, 1.54) is 22.6 Å². The van der Waals surface area contributed by atoms with E-state index in [2.05, 4.69) is 16.3 Å². The van der Waals surface area contributed by atoms with Crippen molar-refractivity contribution in [2.75, 3.05) is 19.6 Å². The van der Waals surface area contributed by atoms with E-state index in [1.54, 1.807) is 11.3 Å². The van der Waals surface area contributed by atoms with Gasteiger partial charge in [-0.25, -0.2) is 8.78 Å². The van der Waals surface area contributed by atoms with Gasteiger partial charge in [0.25, 0.3) is 0 Å². The maximum Gasteiger partial charge on any atom is 0.227 e. The molecule has 132 valence electrons. The molecule has 1 saturated heterocycles. The molecular formula is C19H20F2N2OS. The van der Waals surface area contributed by atoms with Gasteiger partial charge in [0.2, 0.25) is 5.91 Å². The van der Waals surface area contributed by atoms with Gasteiger partial charge in [0, 0.05) is 37.1 Å². The number of nitrogens with zero attached hydrogens (tertiary/aromatic N) is 2. The van der Waals surface area contributed by atoms with E-state index in [9.17, 15) is 13.6 Å². The van der Waals surface area contributed by atoms with Crippen LogP contribution in [0.15, 0.2) is 29.6 Å². The topological polar surface area (TPSA) is 23.6 Å². The molecule has 2 aromatic rings. The van der Waals surface area contributed by atoms with Crippen molar-refractivity contribution in [1.82, 2.24) is 9.80 Å². The maximum absolute atomic E-state index is 13.3. The van der Waals surface area contributed by atoms with E-state index in [0.29, 0.717) is 25.2 Å². The second-order valence-electron chi connectivity index (χ2n) is 6.88. The molecule has 0 N–H and O–H groups in total. The van der Waals surface area contributed by atoms with Gasteiger partial charge in [-0.05, 0) is 54.1 Å². The summed E-state index contributed by atoms with van der Waals surface area (Å²) in [7, 11) is 0. The first-order chi connectivity index (χ1) is 12.1. The molecule has 2 aliphatic rings.